The van der Waals surface area contributed by atoms with Gasteiger partial charge in [0, 0.05) is 28.6 Å². The van der Waals surface area contributed by atoms with Gasteiger partial charge in [-0.3, -0.25) is 9.59 Å². The topological polar surface area (TPSA) is 101 Å². The highest BCUT2D eigenvalue weighted by atomic mass is 79.9. The van der Waals surface area contributed by atoms with Gasteiger partial charge in [0.05, 0.1) is 0 Å². The molecule has 1 aliphatic heterocycles. The molecule has 0 atom stereocenters. The maximum absolute atomic E-state index is 12.3. The standard InChI is InChI=1S/C20H16BrN5O3/c21-14-7-4-8-15(11-14)22-17(27)12-26-18(28)10-9-16(24-26)20-23-19(25-29-20)13-5-2-1-3-6-13/h1-8,11H,9-10,12H2,(H,22,27). The Hall–Kier alpha value is -3.33. The van der Waals surface area contributed by atoms with E-state index in [1.54, 1.807) is 12.1 Å². The third-order valence-electron chi connectivity index (χ3n) is 4.21. The van der Waals surface area contributed by atoms with Gasteiger partial charge in [-0.1, -0.05) is 57.5 Å². The number of hydrogen-bond acceptors (Lipinski definition) is 6. The van der Waals surface area contributed by atoms with Crippen LogP contribution in [-0.4, -0.2) is 39.2 Å². The summed E-state index contributed by atoms with van der Waals surface area (Å²) < 4.78 is 6.16. The molecule has 1 N–H and O–H groups in total. The molecule has 2 heterocycles. The summed E-state index contributed by atoms with van der Waals surface area (Å²) in [6.45, 7) is -0.200. The van der Waals surface area contributed by atoms with Crippen LogP contribution in [0, 0.1) is 0 Å². The summed E-state index contributed by atoms with van der Waals surface area (Å²) in [5, 5.41) is 12.1. The molecule has 146 valence electrons. The average Bonchev–Trinajstić information content (AvgIpc) is 3.20. The highest BCUT2D eigenvalue weighted by Gasteiger charge is 2.26. The summed E-state index contributed by atoms with van der Waals surface area (Å²) in [4.78, 5) is 28.9. The quantitative estimate of drug-likeness (QED) is 0.637. The van der Waals surface area contributed by atoms with E-state index in [-0.39, 0.29) is 30.7 Å². The minimum absolute atomic E-state index is 0.200. The van der Waals surface area contributed by atoms with Crippen molar-refractivity contribution in [3.8, 4) is 11.4 Å². The predicted octanol–water partition coefficient (Wildman–Crippen LogP) is 3.46. The summed E-state index contributed by atoms with van der Waals surface area (Å²) in [6, 6.07) is 16.6. The molecule has 0 radical (unpaired) electrons. The fraction of sp³-hybridized carbons (Fsp3) is 0.150. The molecule has 0 unspecified atom stereocenters. The maximum Gasteiger partial charge on any atom is 0.274 e. The number of nitrogens with zero attached hydrogens (tertiary/aromatic N) is 4. The molecule has 0 bridgehead atoms. The number of halogens is 1. The van der Waals surface area contributed by atoms with Crippen LogP contribution in [0.2, 0.25) is 0 Å². The van der Waals surface area contributed by atoms with Gasteiger partial charge in [-0.25, -0.2) is 5.01 Å². The molecule has 0 aliphatic carbocycles. The van der Waals surface area contributed by atoms with Crippen LogP contribution in [-0.2, 0) is 9.59 Å². The third kappa shape index (κ3) is 4.57. The first-order valence-electron chi connectivity index (χ1n) is 8.91. The van der Waals surface area contributed by atoms with Crippen molar-refractivity contribution in [1.29, 1.82) is 0 Å². The van der Waals surface area contributed by atoms with Crippen molar-refractivity contribution in [2.24, 2.45) is 5.10 Å². The van der Waals surface area contributed by atoms with Gasteiger partial charge < -0.3 is 9.84 Å². The Labute approximate surface area is 174 Å². The molecule has 2 aromatic carbocycles. The van der Waals surface area contributed by atoms with Crippen LogP contribution in [0.3, 0.4) is 0 Å². The molecule has 3 aromatic rings. The SMILES string of the molecule is O=C(CN1N=C(c2nc(-c3ccccc3)no2)CCC1=O)Nc1cccc(Br)c1. The van der Waals surface area contributed by atoms with E-state index in [9.17, 15) is 9.59 Å². The second kappa shape index (κ2) is 8.36. The molecule has 0 fully saturated rings. The Morgan fingerprint density at radius 2 is 1.97 bits per heavy atom. The number of carbonyl (C=O) groups is 2. The van der Waals surface area contributed by atoms with Crippen molar-refractivity contribution < 1.29 is 14.1 Å². The lowest BCUT2D eigenvalue weighted by Gasteiger charge is -2.21. The molecular formula is C20H16BrN5O3. The molecule has 1 aromatic heterocycles. The number of carbonyl (C=O) groups excluding carboxylic acids is 2. The predicted molar refractivity (Wildman–Crippen MR) is 110 cm³/mol. The van der Waals surface area contributed by atoms with Crippen LogP contribution < -0.4 is 5.32 Å². The van der Waals surface area contributed by atoms with Gasteiger partial charge >= 0.3 is 0 Å². The van der Waals surface area contributed by atoms with Gasteiger partial charge in [-0.05, 0) is 18.2 Å². The van der Waals surface area contributed by atoms with E-state index >= 15 is 0 Å². The van der Waals surface area contributed by atoms with Crippen molar-refractivity contribution >= 4 is 39.1 Å². The Morgan fingerprint density at radius 1 is 1.14 bits per heavy atom. The van der Waals surface area contributed by atoms with Crippen molar-refractivity contribution in [1.82, 2.24) is 15.1 Å². The molecule has 0 spiro atoms. The van der Waals surface area contributed by atoms with Gasteiger partial charge in [0.25, 0.3) is 5.89 Å². The molecule has 1 aliphatic rings. The molecule has 4 rings (SSSR count). The van der Waals surface area contributed by atoms with E-state index in [0.29, 0.717) is 23.6 Å². The first-order valence-corrected chi connectivity index (χ1v) is 9.70. The van der Waals surface area contributed by atoms with E-state index < -0.39 is 0 Å². The number of nitrogens with one attached hydrogen (secondary N) is 1. The summed E-state index contributed by atoms with van der Waals surface area (Å²) >= 11 is 3.35. The summed E-state index contributed by atoms with van der Waals surface area (Å²) in [5.41, 5.74) is 1.93. The molecule has 9 heteroatoms. The second-order valence-electron chi connectivity index (χ2n) is 6.35. The van der Waals surface area contributed by atoms with Crippen LogP contribution in [0.15, 0.2) is 68.7 Å². The Kier molecular flexibility index (Phi) is 5.48. The van der Waals surface area contributed by atoms with Crippen LogP contribution in [0.25, 0.3) is 11.4 Å². The summed E-state index contributed by atoms with van der Waals surface area (Å²) in [7, 11) is 0. The van der Waals surface area contributed by atoms with Crippen molar-refractivity contribution in [2.75, 3.05) is 11.9 Å². The molecule has 2 amide bonds. The number of amides is 2. The van der Waals surface area contributed by atoms with Crippen LogP contribution in [0.5, 0.6) is 0 Å². The lowest BCUT2D eigenvalue weighted by Crippen LogP contribution is -2.38. The lowest BCUT2D eigenvalue weighted by molar-refractivity contribution is -0.135. The number of rotatable bonds is 5. The van der Waals surface area contributed by atoms with Gasteiger partial charge in [-0.15, -0.1) is 0 Å². The normalized spacial score (nSPS) is 13.9. The highest BCUT2D eigenvalue weighted by Crippen LogP contribution is 2.19. The summed E-state index contributed by atoms with van der Waals surface area (Å²) in [5.74, 6) is 0.103. The van der Waals surface area contributed by atoms with Crippen LogP contribution in [0.4, 0.5) is 5.69 Å². The van der Waals surface area contributed by atoms with Crippen molar-refractivity contribution in [3.05, 3.63) is 65.0 Å². The van der Waals surface area contributed by atoms with Crippen LogP contribution in [0.1, 0.15) is 18.7 Å². The zero-order chi connectivity index (χ0) is 20.2. The van der Waals surface area contributed by atoms with E-state index in [0.717, 1.165) is 15.0 Å². The summed E-state index contributed by atoms with van der Waals surface area (Å²) in [6.07, 6.45) is 0.588. The Bertz CT molecular complexity index is 1080. The molecule has 8 nitrogen and oxygen atoms in total. The van der Waals surface area contributed by atoms with Gasteiger partial charge in [0.15, 0.2) is 0 Å². The Morgan fingerprint density at radius 3 is 2.76 bits per heavy atom. The maximum atomic E-state index is 12.3. The van der Waals surface area contributed by atoms with Crippen LogP contribution >= 0.6 is 15.9 Å². The fourth-order valence-corrected chi connectivity index (χ4v) is 3.23. The third-order valence-corrected chi connectivity index (χ3v) is 4.70. The molecule has 0 saturated heterocycles. The lowest BCUT2D eigenvalue weighted by atomic mass is 10.1. The van der Waals surface area contributed by atoms with E-state index in [2.05, 4.69) is 36.5 Å². The monoisotopic (exact) mass is 453 g/mol. The van der Waals surface area contributed by atoms with Gasteiger partial charge in [0.1, 0.15) is 12.3 Å². The zero-order valence-corrected chi connectivity index (χ0v) is 16.8. The number of benzene rings is 2. The number of anilines is 1. The highest BCUT2D eigenvalue weighted by molar-refractivity contribution is 9.10. The van der Waals surface area contributed by atoms with Crippen molar-refractivity contribution in [2.45, 2.75) is 12.8 Å². The largest absolute Gasteiger partial charge is 0.332 e. The van der Waals surface area contributed by atoms with E-state index in [1.807, 2.05) is 42.5 Å². The van der Waals surface area contributed by atoms with Crippen molar-refractivity contribution in [3.63, 3.8) is 0 Å². The second-order valence-corrected chi connectivity index (χ2v) is 7.26. The molecule has 0 saturated carbocycles. The first-order chi connectivity index (χ1) is 14.1. The number of aromatic nitrogens is 2. The minimum Gasteiger partial charge on any atom is -0.332 e. The fourth-order valence-electron chi connectivity index (χ4n) is 2.83. The molecular weight excluding hydrogens is 438 g/mol. The number of hydrogen-bond donors (Lipinski definition) is 1. The zero-order valence-electron chi connectivity index (χ0n) is 15.2. The smallest absolute Gasteiger partial charge is 0.274 e. The molecule has 29 heavy (non-hydrogen) atoms. The Balaban J connectivity index is 1.48. The van der Waals surface area contributed by atoms with E-state index in [4.69, 9.17) is 4.52 Å². The average molecular weight is 454 g/mol. The first kappa shape index (κ1) is 19.0. The van der Waals surface area contributed by atoms with E-state index in [1.165, 1.54) is 0 Å². The van der Waals surface area contributed by atoms with Gasteiger partial charge in [0.2, 0.25) is 17.6 Å². The number of hydrazone groups is 1. The van der Waals surface area contributed by atoms with Gasteiger partial charge in [-0.2, -0.15) is 10.1 Å². The minimum atomic E-state index is -0.350.